The van der Waals surface area contributed by atoms with Gasteiger partial charge >= 0.3 is 5.97 Å². The number of ether oxygens (including phenoxy) is 1. The molecule has 2 N–H and O–H groups in total. The Bertz CT molecular complexity index is 869. The molecule has 3 rings (SSSR count). The van der Waals surface area contributed by atoms with Crippen LogP contribution in [0.2, 0.25) is 0 Å². The van der Waals surface area contributed by atoms with Crippen molar-refractivity contribution in [3.05, 3.63) is 65.4 Å². The number of benzene rings is 2. The molecule has 1 aromatic heterocycles. The van der Waals surface area contributed by atoms with Gasteiger partial charge in [0.25, 0.3) is 0 Å². The van der Waals surface area contributed by atoms with Gasteiger partial charge in [0.1, 0.15) is 11.4 Å². The van der Waals surface area contributed by atoms with E-state index in [1.54, 1.807) is 18.7 Å². The van der Waals surface area contributed by atoms with Crippen molar-refractivity contribution >= 4 is 16.9 Å². The van der Waals surface area contributed by atoms with Crippen molar-refractivity contribution in [2.75, 3.05) is 7.11 Å². The highest BCUT2D eigenvalue weighted by Crippen LogP contribution is 2.29. The number of fused-ring (bicyclic) bond motifs is 1. The first-order valence-corrected chi connectivity index (χ1v) is 7.75. The highest BCUT2D eigenvalue weighted by molar-refractivity contribution is 5.98. The molecular weight excluding hydrogens is 304 g/mol. The lowest BCUT2D eigenvalue weighted by atomic mass is 10.1. The third kappa shape index (κ3) is 2.98. The van der Waals surface area contributed by atoms with E-state index in [1.165, 1.54) is 0 Å². The van der Waals surface area contributed by atoms with Crippen LogP contribution < -0.4 is 10.1 Å². The summed E-state index contributed by atoms with van der Waals surface area (Å²) in [6.07, 6.45) is 0. The summed E-state index contributed by atoms with van der Waals surface area (Å²) in [5, 5.41) is 13.9. The first-order chi connectivity index (χ1) is 11.6. The number of methoxy groups -OCH3 is 1. The monoisotopic (exact) mass is 324 g/mol. The standard InChI is InChI=1S/C19H20N2O3/c1-21-17-10-14(24-2)8-9-15(17)16(18(21)19(22)23)12-20-11-13-6-4-3-5-7-13/h3-10,20H,11-12H2,1-2H3,(H,22,23). The molecule has 0 fully saturated rings. The number of aromatic nitrogens is 1. The molecule has 0 aliphatic rings. The molecule has 3 aromatic rings. The van der Waals surface area contributed by atoms with E-state index in [4.69, 9.17) is 4.74 Å². The minimum absolute atomic E-state index is 0.304. The lowest BCUT2D eigenvalue weighted by Gasteiger charge is -2.06. The molecule has 24 heavy (non-hydrogen) atoms. The molecule has 1 heterocycles. The molecule has 0 bridgehead atoms. The number of rotatable bonds is 6. The largest absolute Gasteiger partial charge is 0.497 e. The molecule has 0 saturated carbocycles. The van der Waals surface area contributed by atoms with Gasteiger partial charge in [-0.05, 0) is 17.7 Å². The fraction of sp³-hybridized carbons (Fsp3) is 0.211. The Balaban J connectivity index is 1.93. The zero-order valence-corrected chi connectivity index (χ0v) is 13.7. The van der Waals surface area contributed by atoms with Crippen LogP contribution in [0, 0.1) is 0 Å². The van der Waals surface area contributed by atoms with E-state index in [9.17, 15) is 9.90 Å². The van der Waals surface area contributed by atoms with Crippen LogP contribution in [0.1, 0.15) is 21.6 Å². The average molecular weight is 324 g/mol. The van der Waals surface area contributed by atoms with Crippen molar-refractivity contribution in [1.29, 1.82) is 0 Å². The number of aromatic carboxylic acids is 1. The molecule has 0 radical (unpaired) electrons. The summed E-state index contributed by atoms with van der Waals surface area (Å²) in [5.41, 5.74) is 3.11. The fourth-order valence-electron chi connectivity index (χ4n) is 3.00. The zero-order valence-electron chi connectivity index (χ0n) is 13.7. The quantitative estimate of drug-likeness (QED) is 0.731. The van der Waals surface area contributed by atoms with Crippen molar-refractivity contribution in [3.63, 3.8) is 0 Å². The molecule has 0 aliphatic carbocycles. The van der Waals surface area contributed by atoms with Gasteiger partial charge in [-0.15, -0.1) is 0 Å². The maximum Gasteiger partial charge on any atom is 0.352 e. The van der Waals surface area contributed by atoms with Gasteiger partial charge in [0.05, 0.1) is 12.6 Å². The summed E-state index contributed by atoms with van der Waals surface area (Å²) in [5.74, 6) is -0.215. The van der Waals surface area contributed by atoms with E-state index >= 15 is 0 Å². The van der Waals surface area contributed by atoms with Crippen molar-refractivity contribution < 1.29 is 14.6 Å². The lowest BCUT2D eigenvalue weighted by Crippen LogP contribution is -2.16. The van der Waals surface area contributed by atoms with E-state index < -0.39 is 5.97 Å². The van der Waals surface area contributed by atoms with E-state index in [1.807, 2.05) is 48.5 Å². The maximum atomic E-state index is 11.7. The minimum atomic E-state index is -0.927. The van der Waals surface area contributed by atoms with Crippen LogP contribution >= 0.6 is 0 Å². The van der Waals surface area contributed by atoms with Crippen molar-refractivity contribution in [2.45, 2.75) is 13.1 Å². The van der Waals surface area contributed by atoms with Crippen LogP contribution in [0.25, 0.3) is 10.9 Å². The first kappa shape index (κ1) is 16.1. The summed E-state index contributed by atoms with van der Waals surface area (Å²) in [4.78, 5) is 11.7. The number of aryl methyl sites for hydroxylation is 1. The van der Waals surface area contributed by atoms with Crippen molar-refractivity contribution in [1.82, 2.24) is 9.88 Å². The second kappa shape index (κ2) is 6.76. The second-order valence-corrected chi connectivity index (χ2v) is 5.66. The summed E-state index contributed by atoms with van der Waals surface area (Å²) in [6, 6.07) is 15.7. The van der Waals surface area contributed by atoms with Gasteiger partial charge in [-0.2, -0.15) is 0 Å². The average Bonchev–Trinajstić information content (AvgIpc) is 2.88. The molecular formula is C19H20N2O3. The highest BCUT2D eigenvalue weighted by atomic mass is 16.5. The van der Waals surface area contributed by atoms with E-state index in [2.05, 4.69) is 5.32 Å². The predicted molar refractivity (Wildman–Crippen MR) is 93.4 cm³/mol. The van der Waals surface area contributed by atoms with E-state index in [-0.39, 0.29) is 0 Å². The normalized spacial score (nSPS) is 10.9. The van der Waals surface area contributed by atoms with E-state index in [0.717, 1.165) is 22.0 Å². The fourth-order valence-corrected chi connectivity index (χ4v) is 3.00. The molecule has 5 heteroatoms. The SMILES string of the molecule is COc1ccc2c(CNCc3ccccc3)c(C(=O)O)n(C)c2c1. The van der Waals surface area contributed by atoms with Crippen LogP contribution in [-0.2, 0) is 20.1 Å². The maximum absolute atomic E-state index is 11.7. The van der Waals surface area contributed by atoms with Gasteiger partial charge in [0.2, 0.25) is 0 Å². The summed E-state index contributed by atoms with van der Waals surface area (Å²) in [6.45, 7) is 1.17. The van der Waals surface area contributed by atoms with Gasteiger partial charge in [0, 0.05) is 37.2 Å². The van der Waals surface area contributed by atoms with Crippen LogP contribution in [0.5, 0.6) is 5.75 Å². The number of nitrogens with one attached hydrogen (secondary N) is 1. The number of hydrogen-bond acceptors (Lipinski definition) is 3. The molecule has 0 aliphatic heterocycles. The highest BCUT2D eigenvalue weighted by Gasteiger charge is 2.20. The molecule has 0 spiro atoms. The number of carboxylic acid groups (broad SMARTS) is 1. The van der Waals surface area contributed by atoms with Crippen molar-refractivity contribution in [3.8, 4) is 5.75 Å². The van der Waals surface area contributed by atoms with Gasteiger partial charge < -0.3 is 19.7 Å². The number of carbonyl (C=O) groups is 1. The predicted octanol–water partition coefficient (Wildman–Crippen LogP) is 3.17. The Morgan fingerprint density at radius 2 is 1.92 bits per heavy atom. The second-order valence-electron chi connectivity index (χ2n) is 5.66. The molecule has 2 aromatic carbocycles. The van der Waals surface area contributed by atoms with Gasteiger partial charge in [-0.1, -0.05) is 30.3 Å². The molecule has 124 valence electrons. The van der Waals surface area contributed by atoms with E-state index in [0.29, 0.717) is 24.5 Å². The molecule has 0 saturated heterocycles. The Hall–Kier alpha value is -2.79. The van der Waals surface area contributed by atoms with Gasteiger partial charge in [0.15, 0.2) is 0 Å². The topological polar surface area (TPSA) is 63.5 Å². The Morgan fingerprint density at radius 1 is 1.17 bits per heavy atom. The Labute approximate surface area is 140 Å². The van der Waals surface area contributed by atoms with Crippen LogP contribution in [-0.4, -0.2) is 22.8 Å². The summed E-state index contributed by atoms with van der Waals surface area (Å²) >= 11 is 0. The number of carboxylic acids is 1. The Kier molecular flexibility index (Phi) is 4.53. The number of nitrogens with zero attached hydrogens (tertiary/aromatic N) is 1. The first-order valence-electron chi connectivity index (χ1n) is 7.75. The third-order valence-corrected chi connectivity index (χ3v) is 4.19. The lowest BCUT2D eigenvalue weighted by molar-refractivity contribution is 0.0685. The smallest absolute Gasteiger partial charge is 0.352 e. The third-order valence-electron chi connectivity index (χ3n) is 4.19. The van der Waals surface area contributed by atoms with Gasteiger partial charge in [-0.25, -0.2) is 4.79 Å². The Morgan fingerprint density at radius 3 is 2.58 bits per heavy atom. The number of hydrogen-bond donors (Lipinski definition) is 2. The summed E-state index contributed by atoms with van der Waals surface area (Å²) in [7, 11) is 3.37. The van der Waals surface area contributed by atoms with Gasteiger partial charge in [-0.3, -0.25) is 0 Å². The van der Waals surface area contributed by atoms with Crippen molar-refractivity contribution in [2.24, 2.45) is 7.05 Å². The molecule has 0 amide bonds. The zero-order chi connectivity index (χ0) is 17.1. The van der Waals surface area contributed by atoms with Crippen LogP contribution in [0.15, 0.2) is 48.5 Å². The molecule has 5 nitrogen and oxygen atoms in total. The molecule has 0 atom stereocenters. The van der Waals surface area contributed by atoms with Crippen LogP contribution in [0.4, 0.5) is 0 Å². The minimum Gasteiger partial charge on any atom is -0.497 e. The summed E-state index contributed by atoms with van der Waals surface area (Å²) < 4.78 is 6.96. The molecule has 0 unspecified atom stereocenters. The van der Waals surface area contributed by atoms with Crippen LogP contribution in [0.3, 0.4) is 0 Å².